The fourth-order valence-corrected chi connectivity index (χ4v) is 3.38. The van der Waals surface area contributed by atoms with Crippen molar-refractivity contribution in [1.29, 1.82) is 0 Å². The van der Waals surface area contributed by atoms with Gasteiger partial charge >= 0.3 is 0 Å². The first-order valence-corrected chi connectivity index (χ1v) is 8.92. The molecule has 3 unspecified atom stereocenters. The molecule has 3 atom stereocenters. The maximum Gasteiger partial charge on any atom is 0.193 e. The van der Waals surface area contributed by atoms with Crippen molar-refractivity contribution < 1.29 is 9.47 Å². The van der Waals surface area contributed by atoms with E-state index in [2.05, 4.69) is 27.2 Å². The monoisotopic (exact) mass is 335 g/mol. The first-order chi connectivity index (χ1) is 11.8. The third kappa shape index (κ3) is 4.48. The lowest BCUT2D eigenvalue weighted by Crippen LogP contribution is -2.53. The van der Waals surface area contributed by atoms with Crippen LogP contribution in [0.1, 0.15) is 19.8 Å². The molecule has 1 aromatic rings. The van der Waals surface area contributed by atoms with E-state index in [4.69, 9.17) is 9.47 Å². The molecule has 0 amide bonds. The Labute approximate surface area is 144 Å². The summed E-state index contributed by atoms with van der Waals surface area (Å²) in [7, 11) is 1.84. The Morgan fingerprint density at radius 2 is 2.25 bits per heavy atom. The summed E-state index contributed by atoms with van der Waals surface area (Å²) in [6.45, 7) is 7.30. The standard InChI is InChI=1S/C17H29N5O2/c1-14(12-22-7-4-6-20-22)11-19-17(18-2)21-8-10-24-16(13-21)15-5-3-9-23-15/h4,6-7,14-16H,3,5,8-13H2,1-2H3,(H,18,19). The molecule has 0 aliphatic carbocycles. The van der Waals surface area contributed by atoms with Crippen LogP contribution in [-0.2, 0) is 16.0 Å². The molecule has 24 heavy (non-hydrogen) atoms. The van der Waals surface area contributed by atoms with Crippen molar-refractivity contribution in [3.63, 3.8) is 0 Å². The van der Waals surface area contributed by atoms with Gasteiger partial charge in [0.25, 0.3) is 0 Å². The van der Waals surface area contributed by atoms with E-state index in [1.807, 2.05) is 30.2 Å². The van der Waals surface area contributed by atoms with Crippen LogP contribution in [0.3, 0.4) is 0 Å². The summed E-state index contributed by atoms with van der Waals surface area (Å²) in [6.07, 6.45) is 6.46. The summed E-state index contributed by atoms with van der Waals surface area (Å²) >= 11 is 0. The number of morpholine rings is 1. The molecule has 0 spiro atoms. The zero-order valence-corrected chi connectivity index (χ0v) is 14.7. The molecule has 1 N–H and O–H groups in total. The van der Waals surface area contributed by atoms with Crippen LogP contribution in [0.25, 0.3) is 0 Å². The van der Waals surface area contributed by atoms with Gasteiger partial charge in [0, 0.05) is 52.2 Å². The lowest BCUT2D eigenvalue weighted by Gasteiger charge is -2.37. The second kappa shape index (κ2) is 8.48. The second-order valence-corrected chi connectivity index (χ2v) is 6.67. The van der Waals surface area contributed by atoms with E-state index in [9.17, 15) is 0 Å². The van der Waals surface area contributed by atoms with Crippen molar-refractivity contribution in [1.82, 2.24) is 20.0 Å². The summed E-state index contributed by atoms with van der Waals surface area (Å²) in [4.78, 5) is 6.74. The largest absolute Gasteiger partial charge is 0.375 e. The molecule has 2 saturated heterocycles. The van der Waals surface area contributed by atoms with E-state index in [0.717, 1.165) is 58.2 Å². The first kappa shape index (κ1) is 17.2. The van der Waals surface area contributed by atoms with Gasteiger partial charge in [-0.2, -0.15) is 5.10 Å². The van der Waals surface area contributed by atoms with Crippen LogP contribution in [0, 0.1) is 5.92 Å². The number of hydrogen-bond acceptors (Lipinski definition) is 4. The lowest BCUT2D eigenvalue weighted by atomic mass is 10.1. The minimum absolute atomic E-state index is 0.154. The molecule has 0 aromatic carbocycles. The Bertz CT molecular complexity index is 513. The lowest BCUT2D eigenvalue weighted by molar-refractivity contribution is -0.0817. The van der Waals surface area contributed by atoms with Crippen molar-refractivity contribution in [3.8, 4) is 0 Å². The number of ether oxygens (including phenoxy) is 2. The predicted molar refractivity (Wildman–Crippen MR) is 93.0 cm³/mol. The Kier molecular flexibility index (Phi) is 6.09. The molecule has 0 saturated carbocycles. The molecule has 2 aliphatic heterocycles. The highest BCUT2D eigenvalue weighted by Gasteiger charge is 2.32. The molecule has 3 heterocycles. The van der Waals surface area contributed by atoms with Crippen molar-refractivity contribution in [2.75, 3.05) is 39.9 Å². The highest BCUT2D eigenvalue weighted by atomic mass is 16.5. The molecule has 2 aliphatic rings. The topological polar surface area (TPSA) is 63.9 Å². The number of aliphatic imine (C=N–C) groups is 1. The van der Waals surface area contributed by atoms with Gasteiger partial charge in [0.1, 0.15) is 6.10 Å². The maximum absolute atomic E-state index is 5.92. The predicted octanol–water partition coefficient (Wildman–Crippen LogP) is 0.974. The van der Waals surface area contributed by atoms with E-state index in [-0.39, 0.29) is 12.2 Å². The van der Waals surface area contributed by atoms with Crippen LogP contribution in [0.5, 0.6) is 0 Å². The maximum atomic E-state index is 5.92. The van der Waals surface area contributed by atoms with Gasteiger partial charge in [-0.05, 0) is 24.8 Å². The van der Waals surface area contributed by atoms with E-state index in [0.29, 0.717) is 5.92 Å². The smallest absolute Gasteiger partial charge is 0.193 e. The number of nitrogens with one attached hydrogen (secondary N) is 1. The molecule has 134 valence electrons. The average Bonchev–Trinajstić information content (AvgIpc) is 3.29. The van der Waals surface area contributed by atoms with Crippen LogP contribution >= 0.6 is 0 Å². The average molecular weight is 335 g/mol. The van der Waals surface area contributed by atoms with Crippen LogP contribution in [0.2, 0.25) is 0 Å². The highest BCUT2D eigenvalue weighted by Crippen LogP contribution is 2.21. The molecule has 3 rings (SSSR count). The van der Waals surface area contributed by atoms with Crippen LogP contribution in [0.4, 0.5) is 0 Å². The summed E-state index contributed by atoms with van der Waals surface area (Å²) in [5, 5.41) is 7.77. The SMILES string of the molecule is CN=C(NCC(C)Cn1cccn1)N1CCOC(C2CCCO2)C1. The number of aromatic nitrogens is 2. The third-order valence-electron chi connectivity index (χ3n) is 4.65. The van der Waals surface area contributed by atoms with Crippen LogP contribution in [0.15, 0.2) is 23.5 Å². The zero-order chi connectivity index (χ0) is 16.8. The molecular formula is C17H29N5O2. The van der Waals surface area contributed by atoms with Crippen molar-refractivity contribution >= 4 is 5.96 Å². The molecule has 0 bridgehead atoms. The number of rotatable bonds is 5. The second-order valence-electron chi connectivity index (χ2n) is 6.67. The Hall–Kier alpha value is -1.60. The molecule has 0 radical (unpaired) electrons. The van der Waals surface area contributed by atoms with Gasteiger partial charge in [-0.1, -0.05) is 6.92 Å². The fourth-order valence-electron chi connectivity index (χ4n) is 3.38. The number of guanidine groups is 1. The van der Waals surface area contributed by atoms with E-state index < -0.39 is 0 Å². The van der Waals surface area contributed by atoms with Crippen molar-refractivity contribution in [2.24, 2.45) is 10.9 Å². The fraction of sp³-hybridized carbons (Fsp3) is 0.765. The van der Waals surface area contributed by atoms with Gasteiger partial charge in [-0.15, -0.1) is 0 Å². The molecule has 7 nitrogen and oxygen atoms in total. The van der Waals surface area contributed by atoms with E-state index in [1.165, 1.54) is 0 Å². The number of hydrogen-bond donors (Lipinski definition) is 1. The molecule has 7 heteroatoms. The quantitative estimate of drug-likeness (QED) is 0.642. The molecule has 2 fully saturated rings. The Balaban J connectivity index is 1.48. The van der Waals surface area contributed by atoms with Crippen molar-refractivity contribution in [3.05, 3.63) is 18.5 Å². The Morgan fingerprint density at radius 3 is 2.96 bits per heavy atom. The summed E-state index contributed by atoms with van der Waals surface area (Å²) in [5.41, 5.74) is 0. The van der Waals surface area contributed by atoms with E-state index in [1.54, 1.807) is 0 Å². The van der Waals surface area contributed by atoms with Gasteiger partial charge in [0.05, 0.1) is 12.7 Å². The first-order valence-electron chi connectivity index (χ1n) is 8.92. The third-order valence-corrected chi connectivity index (χ3v) is 4.65. The highest BCUT2D eigenvalue weighted by molar-refractivity contribution is 5.80. The normalized spacial score (nSPS) is 26.6. The molecule has 1 aromatic heterocycles. The van der Waals surface area contributed by atoms with Gasteiger partial charge in [-0.25, -0.2) is 0 Å². The minimum Gasteiger partial charge on any atom is -0.375 e. The van der Waals surface area contributed by atoms with Gasteiger partial charge in [0.15, 0.2) is 5.96 Å². The summed E-state index contributed by atoms with van der Waals surface area (Å²) in [6, 6.07) is 1.96. The minimum atomic E-state index is 0.154. The van der Waals surface area contributed by atoms with Crippen molar-refractivity contribution in [2.45, 2.75) is 38.5 Å². The van der Waals surface area contributed by atoms with Gasteiger partial charge in [-0.3, -0.25) is 9.67 Å². The van der Waals surface area contributed by atoms with Crippen LogP contribution in [-0.4, -0.2) is 72.7 Å². The van der Waals surface area contributed by atoms with E-state index >= 15 is 0 Å². The zero-order valence-electron chi connectivity index (χ0n) is 14.7. The summed E-state index contributed by atoms with van der Waals surface area (Å²) in [5.74, 6) is 1.42. The number of nitrogens with zero attached hydrogens (tertiary/aromatic N) is 4. The Morgan fingerprint density at radius 1 is 1.38 bits per heavy atom. The summed E-state index contributed by atoms with van der Waals surface area (Å²) < 4.78 is 13.7. The van der Waals surface area contributed by atoms with Gasteiger partial charge in [0.2, 0.25) is 0 Å². The van der Waals surface area contributed by atoms with Crippen LogP contribution < -0.4 is 5.32 Å². The molecular weight excluding hydrogens is 306 g/mol. The van der Waals surface area contributed by atoms with Gasteiger partial charge < -0.3 is 19.7 Å².